The molecule has 1 heterocycles. The molecule has 0 saturated carbocycles. The van der Waals surface area contributed by atoms with E-state index in [-0.39, 0.29) is 0 Å². The predicted molar refractivity (Wildman–Crippen MR) is 57.0 cm³/mol. The highest BCUT2D eigenvalue weighted by atomic mass is 16.7. The van der Waals surface area contributed by atoms with Gasteiger partial charge in [0.1, 0.15) is 17.8 Å². The Morgan fingerprint density at radius 2 is 2.25 bits per heavy atom. The molecule has 16 heavy (non-hydrogen) atoms. The summed E-state index contributed by atoms with van der Waals surface area (Å²) in [5, 5.41) is 10.2. The molecule has 94 valence electrons. The lowest BCUT2D eigenvalue weighted by molar-refractivity contribution is -0.187. The van der Waals surface area contributed by atoms with Crippen LogP contribution in [0.15, 0.2) is 0 Å². The fourth-order valence-corrected chi connectivity index (χ4v) is 1.83. The molecule has 0 radical (unpaired) electrons. The Labute approximate surface area is 95.7 Å². The average Bonchev–Trinajstić information content (AvgIpc) is 2.50. The van der Waals surface area contributed by atoms with Crippen molar-refractivity contribution in [2.45, 2.75) is 50.8 Å². The zero-order chi connectivity index (χ0) is 12.2. The van der Waals surface area contributed by atoms with Crippen LogP contribution in [0.25, 0.3) is 0 Å². The van der Waals surface area contributed by atoms with Crippen LogP contribution in [0.1, 0.15) is 26.7 Å². The summed E-state index contributed by atoms with van der Waals surface area (Å²) in [6, 6.07) is 0. The third-order valence-electron chi connectivity index (χ3n) is 2.78. The number of hydrogen-bond acceptors (Lipinski definition) is 5. The fraction of sp³-hybridized carbons (Fsp3) is 0.909. The zero-order valence-electron chi connectivity index (χ0n) is 10.0. The van der Waals surface area contributed by atoms with E-state index in [0.717, 1.165) is 12.8 Å². The van der Waals surface area contributed by atoms with Crippen molar-refractivity contribution in [2.75, 3.05) is 13.7 Å². The maximum atomic E-state index is 10.8. The first kappa shape index (κ1) is 13.6. The number of carbonyl (C=O) groups excluding carboxylic acids is 1. The van der Waals surface area contributed by atoms with Crippen molar-refractivity contribution >= 4 is 6.29 Å². The van der Waals surface area contributed by atoms with Gasteiger partial charge in [-0.25, -0.2) is 0 Å². The number of aldehydes is 1. The third-order valence-corrected chi connectivity index (χ3v) is 2.78. The third kappa shape index (κ3) is 2.60. The highest BCUT2D eigenvalue weighted by Crippen LogP contribution is 2.32. The molecule has 0 amide bonds. The molecule has 5 heteroatoms. The van der Waals surface area contributed by atoms with E-state index in [0.29, 0.717) is 12.9 Å². The Kier molecular flexibility index (Phi) is 4.86. The average molecular weight is 232 g/mol. The van der Waals surface area contributed by atoms with Gasteiger partial charge in [0, 0.05) is 13.7 Å². The molecule has 0 aliphatic carbocycles. The summed E-state index contributed by atoms with van der Waals surface area (Å²) in [6.07, 6.45) is 0.266. The molecule has 4 atom stereocenters. The predicted octanol–water partition coefficient (Wildman–Crippen LogP) is 0.493. The van der Waals surface area contributed by atoms with Crippen molar-refractivity contribution in [1.29, 1.82) is 0 Å². The summed E-state index contributed by atoms with van der Waals surface area (Å²) in [7, 11) is 1.43. The first-order valence-electron chi connectivity index (χ1n) is 5.55. The number of unbranched alkanes of at least 4 members (excludes halogenated alkanes) is 1. The largest absolute Gasteiger partial charge is 0.382 e. The summed E-state index contributed by atoms with van der Waals surface area (Å²) in [5.74, 6) is 0. The topological polar surface area (TPSA) is 65.0 Å². The second-order valence-electron chi connectivity index (χ2n) is 4.18. The molecule has 0 aromatic carbocycles. The van der Waals surface area contributed by atoms with Gasteiger partial charge in [-0.2, -0.15) is 0 Å². The van der Waals surface area contributed by atoms with Gasteiger partial charge in [-0.3, -0.25) is 0 Å². The van der Waals surface area contributed by atoms with E-state index in [9.17, 15) is 9.90 Å². The van der Waals surface area contributed by atoms with Gasteiger partial charge in [-0.05, 0) is 13.3 Å². The van der Waals surface area contributed by atoms with Crippen molar-refractivity contribution in [3.8, 4) is 0 Å². The number of aliphatic hydroxyl groups is 1. The minimum Gasteiger partial charge on any atom is -0.382 e. The fourth-order valence-electron chi connectivity index (χ4n) is 1.83. The number of hydrogen-bond donors (Lipinski definition) is 1. The van der Waals surface area contributed by atoms with E-state index in [1.165, 1.54) is 7.11 Å². The van der Waals surface area contributed by atoms with E-state index in [4.69, 9.17) is 14.2 Å². The minimum atomic E-state index is -1.30. The van der Waals surface area contributed by atoms with Gasteiger partial charge in [0.2, 0.25) is 0 Å². The summed E-state index contributed by atoms with van der Waals surface area (Å²) < 4.78 is 15.7. The van der Waals surface area contributed by atoms with Gasteiger partial charge in [0.25, 0.3) is 0 Å². The number of carbonyl (C=O) groups is 1. The molecule has 0 spiro atoms. The van der Waals surface area contributed by atoms with Crippen molar-refractivity contribution in [1.82, 2.24) is 0 Å². The van der Waals surface area contributed by atoms with Gasteiger partial charge in [-0.15, -0.1) is 0 Å². The van der Waals surface area contributed by atoms with Crippen molar-refractivity contribution in [2.24, 2.45) is 0 Å². The Morgan fingerprint density at radius 3 is 2.75 bits per heavy atom. The van der Waals surface area contributed by atoms with Crippen LogP contribution in [0, 0.1) is 0 Å². The maximum absolute atomic E-state index is 10.8. The molecule has 1 rings (SSSR count). The Morgan fingerprint density at radius 1 is 1.56 bits per heavy atom. The second-order valence-corrected chi connectivity index (χ2v) is 4.18. The SMILES string of the molecule is CCCCO[C@@H]1[C@@H](C=O)O[C@H](OC)C1(C)O. The van der Waals surface area contributed by atoms with Crippen LogP contribution in [0.3, 0.4) is 0 Å². The van der Waals surface area contributed by atoms with Crippen LogP contribution in [0.4, 0.5) is 0 Å². The Balaban J connectivity index is 2.65. The summed E-state index contributed by atoms with van der Waals surface area (Å²) in [6.45, 7) is 4.10. The smallest absolute Gasteiger partial charge is 0.189 e. The highest BCUT2D eigenvalue weighted by molar-refractivity contribution is 5.58. The van der Waals surface area contributed by atoms with E-state index < -0.39 is 24.1 Å². The highest BCUT2D eigenvalue weighted by Gasteiger charge is 2.54. The van der Waals surface area contributed by atoms with E-state index >= 15 is 0 Å². The van der Waals surface area contributed by atoms with Gasteiger partial charge >= 0.3 is 0 Å². The van der Waals surface area contributed by atoms with Crippen LogP contribution in [-0.2, 0) is 19.0 Å². The molecule has 0 bridgehead atoms. The molecule has 0 aromatic heterocycles. The molecule has 1 aliphatic rings. The van der Waals surface area contributed by atoms with Crippen molar-refractivity contribution in [3.05, 3.63) is 0 Å². The standard InChI is InChI=1S/C11H20O5/c1-4-5-6-15-9-8(7-12)16-10(14-3)11(9,2)13/h7-10,13H,4-6H2,1-3H3/t8-,9-,10+,11?/m1/s1. The monoisotopic (exact) mass is 232 g/mol. The van der Waals surface area contributed by atoms with Crippen LogP contribution in [0.5, 0.6) is 0 Å². The minimum absolute atomic E-state index is 0.501. The number of rotatable bonds is 6. The lowest BCUT2D eigenvalue weighted by Crippen LogP contribution is -2.47. The first-order valence-corrected chi connectivity index (χ1v) is 5.55. The molecule has 1 saturated heterocycles. The summed E-state index contributed by atoms with van der Waals surface area (Å²) in [4.78, 5) is 10.8. The van der Waals surface area contributed by atoms with E-state index in [2.05, 4.69) is 0 Å². The molecular formula is C11H20O5. The van der Waals surface area contributed by atoms with Crippen molar-refractivity contribution < 1.29 is 24.1 Å². The first-order chi connectivity index (χ1) is 7.57. The Bertz CT molecular complexity index is 228. The molecule has 0 aromatic rings. The van der Waals surface area contributed by atoms with Crippen LogP contribution < -0.4 is 0 Å². The van der Waals surface area contributed by atoms with Crippen LogP contribution in [0.2, 0.25) is 0 Å². The molecule has 1 fully saturated rings. The summed E-state index contributed by atoms with van der Waals surface area (Å²) >= 11 is 0. The number of ether oxygens (including phenoxy) is 3. The molecule has 1 unspecified atom stereocenters. The maximum Gasteiger partial charge on any atom is 0.189 e. The normalized spacial score (nSPS) is 38.9. The van der Waals surface area contributed by atoms with Gasteiger partial charge in [-0.1, -0.05) is 13.3 Å². The van der Waals surface area contributed by atoms with Crippen LogP contribution >= 0.6 is 0 Å². The molecular weight excluding hydrogens is 212 g/mol. The van der Waals surface area contributed by atoms with E-state index in [1.54, 1.807) is 6.92 Å². The Hall–Kier alpha value is -0.490. The molecule has 1 N–H and O–H groups in total. The molecule has 5 nitrogen and oxygen atoms in total. The lowest BCUT2D eigenvalue weighted by atomic mass is 9.98. The molecule has 1 aliphatic heterocycles. The van der Waals surface area contributed by atoms with E-state index in [1.807, 2.05) is 6.92 Å². The van der Waals surface area contributed by atoms with Gasteiger partial charge < -0.3 is 24.1 Å². The second kappa shape index (κ2) is 5.72. The van der Waals surface area contributed by atoms with Crippen molar-refractivity contribution in [3.63, 3.8) is 0 Å². The lowest BCUT2D eigenvalue weighted by Gasteiger charge is -2.28. The summed E-state index contributed by atoms with van der Waals surface area (Å²) in [5.41, 5.74) is -1.30. The number of methoxy groups -OCH3 is 1. The van der Waals surface area contributed by atoms with Gasteiger partial charge in [0.15, 0.2) is 12.6 Å². The van der Waals surface area contributed by atoms with Crippen LogP contribution in [-0.4, -0.2) is 49.2 Å². The zero-order valence-corrected chi connectivity index (χ0v) is 10.0. The van der Waals surface area contributed by atoms with Gasteiger partial charge in [0.05, 0.1) is 0 Å². The quantitative estimate of drug-likeness (QED) is 0.533.